The maximum absolute atomic E-state index is 11.4. The van der Waals surface area contributed by atoms with Crippen molar-refractivity contribution in [3.63, 3.8) is 0 Å². The molecule has 8 nitrogen and oxygen atoms in total. The Morgan fingerprint density at radius 3 is 1.52 bits per heavy atom. The minimum Gasteiger partial charge on any atom is -0.444 e. The predicted octanol–water partition coefficient (Wildman–Crippen LogP) is 3.95. The van der Waals surface area contributed by atoms with Crippen LogP contribution in [0.15, 0.2) is 0 Å². The van der Waals surface area contributed by atoms with Crippen LogP contribution < -0.4 is 5.32 Å². The molecule has 8 heteroatoms. The Balaban J connectivity index is 3.10. The number of carbonyl (C=O) groups is 1. The molecule has 0 spiro atoms. The zero-order valence-corrected chi connectivity index (χ0v) is 20.4. The minimum absolute atomic E-state index is 0.405. The first-order chi connectivity index (χ1) is 15.0. The van der Waals surface area contributed by atoms with Gasteiger partial charge in [-0.25, -0.2) is 4.79 Å². The molecular formula is C23H47NO7. The highest BCUT2D eigenvalue weighted by atomic mass is 16.6. The molecule has 0 aromatic heterocycles. The van der Waals surface area contributed by atoms with E-state index in [4.69, 9.17) is 28.4 Å². The largest absolute Gasteiger partial charge is 0.444 e. The molecule has 0 radical (unpaired) electrons. The molecule has 0 aromatic rings. The highest BCUT2D eigenvalue weighted by Gasteiger charge is 2.15. The van der Waals surface area contributed by atoms with Gasteiger partial charge < -0.3 is 33.7 Å². The lowest BCUT2D eigenvalue weighted by molar-refractivity contribution is -0.0111. The molecule has 1 N–H and O–H groups in total. The quantitative estimate of drug-likeness (QED) is 0.251. The third-order valence-corrected chi connectivity index (χ3v) is 4.04. The Labute approximate surface area is 189 Å². The molecule has 0 aliphatic rings. The number of ether oxygens (including phenoxy) is 6. The van der Waals surface area contributed by atoms with Gasteiger partial charge in [-0.15, -0.1) is 0 Å². The number of hydrogen-bond donors (Lipinski definition) is 1. The van der Waals surface area contributed by atoms with Crippen molar-refractivity contribution in [2.75, 3.05) is 72.6 Å². The molecule has 0 bridgehead atoms. The second-order valence-corrected chi connectivity index (χ2v) is 8.26. The molecule has 0 fully saturated rings. The third-order valence-electron chi connectivity index (χ3n) is 4.04. The number of carbonyl (C=O) groups excluding carboxylic acids is 1. The van der Waals surface area contributed by atoms with Crippen LogP contribution in [0.25, 0.3) is 0 Å². The molecule has 0 heterocycles. The smallest absolute Gasteiger partial charge is 0.407 e. The van der Waals surface area contributed by atoms with Crippen molar-refractivity contribution >= 4 is 6.09 Å². The van der Waals surface area contributed by atoms with Gasteiger partial charge in [0.2, 0.25) is 0 Å². The van der Waals surface area contributed by atoms with Crippen LogP contribution in [0.2, 0.25) is 0 Å². The first-order valence-corrected chi connectivity index (χ1v) is 11.8. The summed E-state index contributed by atoms with van der Waals surface area (Å²) in [7, 11) is 0. The molecule has 0 atom stereocenters. The molecule has 0 aromatic carbocycles. The van der Waals surface area contributed by atoms with Gasteiger partial charge in [0.25, 0.3) is 0 Å². The Kier molecular flexibility index (Phi) is 21.6. The molecule has 0 aliphatic heterocycles. The lowest BCUT2D eigenvalue weighted by Crippen LogP contribution is -2.34. The van der Waals surface area contributed by atoms with E-state index in [2.05, 4.69) is 12.2 Å². The van der Waals surface area contributed by atoms with E-state index in [1.165, 1.54) is 32.1 Å². The van der Waals surface area contributed by atoms with Crippen molar-refractivity contribution in [3.05, 3.63) is 0 Å². The van der Waals surface area contributed by atoms with E-state index in [1.807, 2.05) is 20.8 Å². The van der Waals surface area contributed by atoms with Gasteiger partial charge in [0, 0.05) is 13.2 Å². The maximum Gasteiger partial charge on any atom is 0.407 e. The van der Waals surface area contributed by atoms with Crippen LogP contribution >= 0.6 is 0 Å². The van der Waals surface area contributed by atoms with Gasteiger partial charge >= 0.3 is 6.09 Å². The van der Waals surface area contributed by atoms with Crippen molar-refractivity contribution < 1.29 is 33.2 Å². The van der Waals surface area contributed by atoms with Gasteiger partial charge in [-0.2, -0.15) is 0 Å². The SMILES string of the molecule is CCCCCCCCOCCOCCOCCOCCOCCNC(=O)OC(C)(C)C. The molecule has 0 rings (SSSR count). The van der Waals surface area contributed by atoms with Crippen molar-refractivity contribution in [3.8, 4) is 0 Å². The van der Waals surface area contributed by atoms with Crippen LogP contribution in [0.4, 0.5) is 4.79 Å². The zero-order valence-electron chi connectivity index (χ0n) is 20.4. The topological polar surface area (TPSA) is 84.5 Å². The van der Waals surface area contributed by atoms with Crippen molar-refractivity contribution in [1.82, 2.24) is 5.32 Å². The summed E-state index contributed by atoms with van der Waals surface area (Å²) in [6.45, 7) is 13.7. The molecule has 186 valence electrons. The molecule has 0 saturated carbocycles. The van der Waals surface area contributed by atoms with Crippen LogP contribution in [0.3, 0.4) is 0 Å². The van der Waals surface area contributed by atoms with Crippen LogP contribution in [-0.4, -0.2) is 84.3 Å². The van der Waals surface area contributed by atoms with E-state index < -0.39 is 11.7 Å². The predicted molar refractivity (Wildman–Crippen MR) is 122 cm³/mol. The van der Waals surface area contributed by atoms with E-state index >= 15 is 0 Å². The minimum atomic E-state index is -0.492. The van der Waals surface area contributed by atoms with Crippen molar-refractivity contribution in [2.24, 2.45) is 0 Å². The van der Waals surface area contributed by atoms with Gasteiger partial charge in [-0.3, -0.25) is 0 Å². The lowest BCUT2D eigenvalue weighted by atomic mass is 10.1. The number of rotatable bonds is 22. The lowest BCUT2D eigenvalue weighted by Gasteiger charge is -2.19. The molecule has 0 unspecified atom stereocenters. The number of nitrogens with one attached hydrogen (secondary N) is 1. The molecular weight excluding hydrogens is 402 g/mol. The Morgan fingerprint density at radius 1 is 0.613 bits per heavy atom. The Hall–Kier alpha value is -0.930. The number of alkyl carbamates (subject to hydrolysis) is 1. The average molecular weight is 450 g/mol. The summed E-state index contributed by atoms with van der Waals surface area (Å²) in [5.41, 5.74) is -0.492. The Morgan fingerprint density at radius 2 is 1.03 bits per heavy atom. The summed E-state index contributed by atoms with van der Waals surface area (Å²) in [5, 5.41) is 2.63. The standard InChI is InChI=1S/C23H47NO7/c1-5-6-7-8-9-10-12-26-14-16-28-18-20-30-21-19-29-17-15-27-13-11-24-22(25)31-23(2,3)4/h5-21H2,1-4H3,(H,24,25). The normalized spacial score (nSPS) is 11.6. The van der Waals surface area contributed by atoms with Gasteiger partial charge in [0.05, 0.1) is 59.5 Å². The summed E-state index contributed by atoms with van der Waals surface area (Å²) in [6.07, 6.45) is 7.25. The van der Waals surface area contributed by atoms with Crippen LogP contribution in [0, 0.1) is 0 Å². The highest BCUT2D eigenvalue weighted by molar-refractivity contribution is 5.67. The first-order valence-electron chi connectivity index (χ1n) is 11.8. The van der Waals surface area contributed by atoms with E-state index in [9.17, 15) is 4.79 Å². The van der Waals surface area contributed by atoms with E-state index in [0.29, 0.717) is 66.0 Å². The van der Waals surface area contributed by atoms with Gasteiger partial charge in [0.1, 0.15) is 5.60 Å². The van der Waals surface area contributed by atoms with E-state index in [-0.39, 0.29) is 0 Å². The second kappa shape index (κ2) is 22.3. The summed E-state index contributed by atoms with van der Waals surface area (Å²) >= 11 is 0. The maximum atomic E-state index is 11.4. The third kappa shape index (κ3) is 27.0. The molecule has 1 amide bonds. The van der Waals surface area contributed by atoms with Crippen LogP contribution in [-0.2, 0) is 28.4 Å². The second-order valence-electron chi connectivity index (χ2n) is 8.26. The number of hydrogen-bond acceptors (Lipinski definition) is 7. The fourth-order valence-electron chi connectivity index (χ4n) is 2.51. The van der Waals surface area contributed by atoms with Crippen LogP contribution in [0.1, 0.15) is 66.2 Å². The summed E-state index contributed by atoms with van der Waals surface area (Å²) in [5.74, 6) is 0. The van der Waals surface area contributed by atoms with Gasteiger partial charge in [-0.05, 0) is 27.2 Å². The fraction of sp³-hybridized carbons (Fsp3) is 0.957. The summed E-state index contributed by atoms with van der Waals surface area (Å²) in [6, 6.07) is 0. The van der Waals surface area contributed by atoms with Crippen molar-refractivity contribution in [1.29, 1.82) is 0 Å². The fourth-order valence-corrected chi connectivity index (χ4v) is 2.51. The van der Waals surface area contributed by atoms with Gasteiger partial charge in [-0.1, -0.05) is 39.0 Å². The number of unbranched alkanes of at least 4 members (excludes halogenated alkanes) is 5. The summed E-state index contributed by atoms with van der Waals surface area (Å²) < 4.78 is 32.4. The van der Waals surface area contributed by atoms with Crippen LogP contribution in [0.5, 0.6) is 0 Å². The summed E-state index contributed by atoms with van der Waals surface area (Å²) in [4.78, 5) is 11.4. The first kappa shape index (κ1) is 30.1. The molecule has 31 heavy (non-hydrogen) atoms. The van der Waals surface area contributed by atoms with E-state index in [1.54, 1.807) is 0 Å². The highest BCUT2D eigenvalue weighted by Crippen LogP contribution is 2.06. The average Bonchev–Trinajstić information content (AvgIpc) is 2.70. The monoisotopic (exact) mass is 449 g/mol. The van der Waals surface area contributed by atoms with Crippen molar-refractivity contribution in [2.45, 2.75) is 71.8 Å². The van der Waals surface area contributed by atoms with Gasteiger partial charge in [0.15, 0.2) is 0 Å². The Bertz CT molecular complexity index is 389. The molecule has 0 aliphatic carbocycles. The number of amides is 1. The zero-order chi connectivity index (χ0) is 23.0. The van der Waals surface area contributed by atoms with E-state index in [0.717, 1.165) is 13.0 Å². The molecule has 0 saturated heterocycles.